The van der Waals surface area contributed by atoms with Crippen LogP contribution in [0.1, 0.15) is 43.4 Å². The van der Waals surface area contributed by atoms with Crippen molar-refractivity contribution in [3.63, 3.8) is 0 Å². The summed E-state index contributed by atoms with van der Waals surface area (Å²) >= 11 is 0. The molecule has 110 valence electrons. The van der Waals surface area contributed by atoms with Crippen LogP contribution in [-0.4, -0.2) is 5.91 Å². The Kier molecular flexibility index (Phi) is 5.15. The first-order valence-electron chi connectivity index (χ1n) is 7.56. The van der Waals surface area contributed by atoms with Gasteiger partial charge in [-0.3, -0.25) is 4.79 Å². The molecular formula is C19H23NO. The molecule has 0 aliphatic heterocycles. The summed E-state index contributed by atoms with van der Waals surface area (Å²) in [5.41, 5.74) is 4.44. The SMILES string of the molecule is CCc1ccc(CC(=O)Nc2ccccc2C(C)C)cc1. The molecule has 0 aromatic heterocycles. The molecule has 0 saturated heterocycles. The Morgan fingerprint density at radius 2 is 1.62 bits per heavy atom. The molecule has 2 heteroatoms. The predicted octanol–water partition coefficient (Wildman–Crippen LogP) is 4.55. The number of benzene rings is 2. The molecule has 2 rings (SSSR count). The molecule has 21 heavy (non-hydrogen) atoms. The van der Waals surface area contributed by atoms with Gasteiger partial charge in [0.2, 0.25) is 5.91 Å². The van der Waals surface area contributed by atoms with Crippen molar-refractivity contribution in [2.75, 3.05) is 5.32 Å². The maximum absolute atomic E-state index is 12.2. The van der Waals surface area contributed by atoms with Crippen molar-refractivity contribution in [2.45, 2.75) is 39.5 Å². The van der Waals surface area contributed by atoms with E-state index in [-0.39, 0.29) is 5.91 Å². The van der Waals surface area contributed by atoms with E-state index in [1.54, 1.807) is 0 Å². The molecule has 1 amide bonds. The average Bonchev–Trinajstić information content (AvgIpc) is 2.48. The van der Waals surface area contributed by atoms with Gasteiger partial charge in [-0.05, 0) is 35.1 Å². The third kappa shape index (κ3) is 4.19. The molecule has 0 unspecified atom stereocenters. The topological polar surface area (TPSA) is 29.1 Å². The Hall–Kier alpha value is -2.09. The molecule has 0 fully saturated rings. The molecule has 0 heterocycles. The monoisotopic (exact) mass is 281 g/mol. The first-order chi connectivity index (χ1) is 10.1. The lowest BCUT2D eigenvalue weighted by atomic mass is 10.0. The van der Waals surface area contributed by atoms with Gasteiger partial charge < -0.3 is 5.32 Å². The molecular weight excluding hydrogens is 258 g/mol. The largest absolute Gasteiger partial charge is 0.326 e. The number of para-hydroxylation sites is 1. The maximum atomic E-state index is 12.2. The van der Waals surface area contributed by atoms with Gasteiger partial charge in [-0.1, -0.05) is 63.2 Å². The number of aryl methyl sites for hydroxylation is 1. The van der Waals surface area contributed by atoms with Gasteiger partial charge in [0.1, 0.15) is 0 Å². The average molecular weight is 281 g/mol. The zero-order valence-electron chi connectivity index (χ0n) is 13.0. The Balaban J connectivity index is 2.04. The molecule has 0 spiro atoms. The van der Waals surface area contributed by atoms with Crippen LogP contribution in [0, 0.1) is 0 Å². The fraction of sp³-hybridized carbons (Fsp3) is 0.316. The zero-order valence-corrected chi connectivity index (χ0v) is 13.0. The van der Waals surface area contributed by atoms with Gasteiger partial charge in [-0.2, -0.15) is 0 Å². The third-order valence-electron chi connectivity index (χ3n) is 3.65. The number of hydrogen-bond acceptors (Lipinski definition) is 1. The van der Waals surface area contributed by atoms with E-state index >= 15 is 0 Å². The lowest BCUT2D eigenvalue weighted by Crippen LogP contribution is -2.15. The summed E-state index contributed by atoms with van der Waals surface area (Å²) in [5, 5.41) is 3.03. The Morgan fingerprint density at radius 1 is 1.00 bits per heavy atom. The molecule has 0 aliphatic rings. The molecule has 0 radical (unpaired) electrons. The number of carbonyl (C=O) groups is 1. The van der Waals surface area contributed by atoms with Gasteiger partial charge in [0.15, 0.2) is 0 Å². The number of anilines is 1. The van der Waals surface area contributed by atoms with Crippen LogP contribution < -0.4 is 5.32 Å². The van der Waals surface area contributed by atoms with Gasteiger partial charge in [-0.25, -0.2) is 0 Å². The van der Waals surface area contributed by atoms with E-state index in [1.165, 1.54) is 11.1 Å². The zero-order chi connectivity index (χ0) is 15.2. The fourth-order valence-electron chi connectivity index (χ4n) is 2.39. The highest BCUT2D eigenvalue weighted by Gasteiger charge is 2.09. The van der Waals surface area contributed by atoms with Crippen LogP contribution in [0.15, 0.2) is 48.5 Å². The fourth-order valence-corrected chi connectivity index (χ4v) is 2.39. The summed E-state index contributed by atoms with van der Waals surface area (Å²) in [6.45, 7) is 6.40. The van der Waals surface area contributed by atoms with E-state index < -0.39 is 0 Å². The highest BCUT2D eigenvalue weighted by Crippen LogP contribution is 2.23. The second-order valence-corrected chi connectivity index (χ2v) is 5.64. The van der Waals surface area contributed by atoms with Gasteiger partial charge in [0.25, 0.3) is 0 Å². The van der Waals surface area contributed by atoms with Crippen molar-refractivity contribution in [3.8, 4) is 0 Å². The lowest BCUT2D eigenvalue weighted by molar-refractivity contribution is -0.115. The molecule has 0 saturated carbocycles. The Bertz CT molecular complexity index is 599. The van der Waals surface area contributed by atoms with Crippen molar-refractivity contribution in [2.24, 2.45) is 0 Å². The van der Waals surface area contributed by atoms with Crippen LogP contribution in [0.4, 0.5) is 5.69 Å². The first kappa shape index (κ1) is 15.3. The van der Waals surface area contributed by atoms with E-state index in [9.17, 15) is 4.79 Å². The highest BCUT2D eigenvalue weighted by atomic mass is 16.1. The van der Waals surface area contributed by atoms with Gasteiger partial charge in [-0.15, -0.1) is 0 Å². The van der Waals surface area contributed by atoms with E-state index in [0.717, 1.165) is 17.7 Å². The normalized spacial score (nSPS) is 10.7. The Morgan fingerprint density at radius 3 is 2.24 bits per heavy atom. The minimum Gasteiger partial charge on any atom is -0.326 e. The molecule has 2 nitrogen and oxygen atoms in total. The summed E-state index contributed by atoms with van der Waals surface area (Å²) < 4.78 is 0. The van der Waals surface area contributed by atoms with E-state index in [1.807, 2.05) is 30.3 Å². The minimum atomic E-state index is 0.0346. The summed E-state index contributed by atoms with van der Waals surface area (Å²) in [7, 11) is 0. The van der Waals surface area contributed by atoms with Gasteiger partial charge in [0, 0.05) is 5.69 Å². The third-order valence-corrected chi connectivity index (χ3v) is 3.65. The molecule has 0 atom stereocenters. The molecule has 0 aliphatic carbocycles. The highest BCUT2D eigenvalue weighted by molar-refractivity contribution is 5.93. The quantitative estimate of drug-likeness (QED) is 0.855. The number of amides is 1. The minimum absolute atomic E-state index is 0.0346. The van der Waals surface area contributed by atoms with Crippen molar-refractivity contribution < 1.29 is 4.79 Å². The summed E-state index contributed by atoms with van der Waals surface area (Å²) in [5.74, 6) is 0.428. The lowest BCUT2D eigenvalue weighted by Gasteiger charge is -2.13. The number of hydrogen-bond donors (Lipinski definition) is 1. The van der Waals surface area contributed by atoms with Crippen LogP contribution in [-0.2, 0) is 17.6 Å². The van der Waals surface area contributed by atoms with Crippen molar-refractivity contribution >= 4 is 11.6 Å². The number of nitrogens with one attached hydrogen (secondary N) is 1. The van der Waals surface area contributed by atoms with Crippen LogP contribution in [0.2, 0.25) is 0 Å². The van der Waals surface area contributed by atoms with Crippen LogP contribution in [0.3, 0.4) is 0 Å². The van der Waals surface area contributed by atoms with E-state index in [2.05, 4.69) is 44.3 Å². The van der Waals surface area contributed by atoms with E-state index in [4.69, 9.17) is 0 Å². The van der Waals surface area contributed by atoms with Crippen LogP contribution >= 0.6 is 0 Å². The standard InChI is InChI=1S/C19H23NO/c1-4-15-9-11-16(12-10-15)13-19(21)20-18-8-6-5-7-17(18)14(2)3/h5-12,14H,4,13H2,1-3H3,(H,20,21). The van der Waals surface area contributed by atoms with Crippen LogP contribution in [0.25, 0.3) is 0 Å². The summed E-state index contributed by atoms with van der Waals surface area (Å²) in [6.07, 6.45) is 1.44. The van der Waals surface area contributed by atoms with Crippen molar-refractivity contribution in [1.82, 2.24) is 0 Å². The number of carbonyl (C=O) groups excluding carboxylic acids is 1. The second-order valence-electron chi connectivity index (χ2n) is 5.64. The molecule has 2 aromatic rings. The van der Waals surface area contributed by atoms with Crippen molar-refractivity contribution in [1.29, 1.82) is 0 Å². The first-order valence-corrected chi connectivity index (χ1v) is 7.56. The number of rotatable bonds is 5. The van der Waals surface area contributed by atoms with Crippen molar-refractivity contribution in [3.05, 3.63) is 65.2 Å². The maximum Gasteiger partial charge on any atom is 0.228 e. The van der Waals surface area contributed by atoms with E-state index in [0.29, 0.717) is 12.3 Å². The van der Waals surface area contributed by atoms with Gasteiger partial charge in [0.05, 0.1) is 6.42 Å². The summed E-state index contributed by atoms with van der Waals surface area (Å²) in [6, 6.07) is 16.2. The molecule has 2 aromatic carbocycles. The molecule has 1 N–H and O–H groups in total. The van der Waals surface area contributed by atoms with Crippen LogP contribution in [0.5, 0.6) is 0 Å². The predicted molar refractivity (Wildman–Crippen MR) is 88.7 cm³/mol. The second kappa shape index (κ2) is 7.07. The molecule has 0 bridgehead atoms. The smallest absolute Gasteiger partial charge is 0.228 e. The Labute approximate surface area is 127 Å². The van der Waals surface area contributed by atoms with Gasteiger partial charge >= 0.3 is 0 Å². The summed E-state index contributed by atoms with van der Waals surface area (Å²) in [4.78, 5) is 12.2.